The number of nitrogens with one attached hydrogen (secondary N) is 1. The molecule has 7 nitrogen and oxygen atoms in total. The Morgan fingerprint density at radius 2 is 2.00 bits per heavy atom. The van der Waals surface area contributed by atoms with Crippen molar-refractivity contribution in [2.75, 3.05) is 52.3 Å². The summed E-state index contributed by atoms with van der Waals surface area (Å²) in [5.41, 5.74) is 0.655. The number of anilines is 1. The molecule has 3 rings (SSSR count). The Labute approximate surface area is 180 Å². The summed E-state index contributed by atoms with van der Waals surface area (Å²) in [6, 6.07) is 1.68. The Balaban J connectivity index is 1.87. The van der Waals surface area contributed by atoms with Crippen molar-refractivity contribution in [3.8, 4) is 11.5 Å². The van der Waals surface area contributed by atoms with Gasteiger partial charge in [0.05, 0.1) is 24.6 Å². The van der Waals surface area contributed by atoms with Crippen molar-refractivity contribution in [3.63, 3.8) is 0 Å². The van der Waals surface area contributed by atoms with E-state index in [9.17, 15) is 18.0 Å². The monoisotopic (exact) mass is 462 g/mol. The largest absolute Gasteiger partial charge is 0.573 e. The second kappa shape index (κ2) is 9.31. The van der Waals surface area contributed by atoms with Crippen LogP contribution < -0.4 is 19.7 Å². The van der Waals surface area contributed by atoms with Crippen LogP contribution in [0.15, 0.2) is 26.9 Å². The lowest BCUT2D eigenvalue weighted by Crippen LogP contribution is -2.44. The molecule has 12 heteroatoms. The van der Waals surface area contributed by atoms with Crippen LogP contribution >= 0.6 is 23.1 Å². The van der Waals surface area contributed by atoms with Crippen LogP contribution in [0.5, 0.6) is 11.5 Å². The molecule has 1 aliphatic heterocycles. The minimum absolute atomic E-state index is 0.174. The van der Waals surface area contributed by atoms with E-state index in [1.165, 1.54) is 19.5 Å². The Hall–Kier alpha value is -2.18. The number of pyridine rings is 1. The maximum absolute atomic E-state index is 12.9. The molecule has 2 aromatic heterocycles. The van der Waals surface area contributed by atoms with Crippen LogP contribution in [-0.2, 0) is 0 Å². The van der Waals surface area contributed by atoms with Gasteiger partial charge in [0.1, 0.15) is 15.0 Å². The number of amides is 1. The van der Waals surface area contributed by atoms with Crippen molar-refractivity contribution in [1.29, 1.82) is 0 Å². The van der Waals surface area contributed by atoms with Crippen molar-refractivity contribution >= 4 is 34.7 Å². The summed E-state index contributed by atoms with van der Waals surface area (Å²) >= 11 is 1.97. The van der Waals surface area contributed by atoms with Crippen LogP contribution in [0, 0.1) is 0 Å². The molecular weight excluding hydrogens is 441 g/mol. The molecule has 1 N–H and O–H groups in total. The smallest absolute Gasteiger partial charge is 0.494 e. The maximum Gasteiger partial charge on any atom is 0.573 e. The van der Waals surface area contributed by atoms with Gasteiger partial charge in [-0.3, -0.25) is 4.79 Å². The van der Waals surface area contributed by atoms with E-state index in [1.807, 2.05) is 0 Å². The summed E-state index contributed by atoms with van der Waals surface area (Å²) in [5, 5.41) is 4.08. The van der Waals surface area contributed by atoms with Crippen molar-refractivity contribution < 1.29 is 27.4 Å². The summed E-state index contributed by atoms with van der Waals surface area (Å²) < 4.78 is 48.5. The predicted octanol–water partition coefficient (Wildman–Crippen LogP) is 3.31. The average Bonchev–Trinajstić information content (AvgIpc) is 3.08. The Morgan fingerprint density at radius 1 is 1.30 bits per heavy atom. The molecule has 164 valence electrons. The van der Waals surface area contributed by atoms with Crippen LogP contribution in [0.3, 0.4) is 0 Å². The number of hydrogen-bond acceptors (Lipinski definition) is 8. The molecule has 0 saturated carbocycles. The van der Waals surface area contributed by atoms with E-state index in [1.54, 1.807) is 12.3 Å². The Bertz CT molecular complexity index is 899. The van der Waals surface area contributed by atoms with E-state index in [2.05, 4.69) is 31.9 Å². The molecule has 0 unspecified atom stereocenters. The van der Waals surface area contributed by atoms with Gasteiger partial charge in [0.2, 0.25) is 0 Å². The highest BCUT2D eigenvalue weighted by Gasteiger charge is 2.35. The van der Waals surface area contributed by atoms with Gasteiger partial charge in [-0.25, -0.2) is 4.98 Å². The second-order valence-corrected chi connectivity index (χ2v) is 8.65. The first kappa shape index (κ1) is 22.5. The first-order valence-electron chi connectivity index (χ1n) is 8.96. The van der Waals surface area contributed by atoms with E-state index < -0.39 is 18.0 Å². The summed E-state index contributed by atoms with van der Waals surface area (Å²) in [7, 11) is 4.94. The molecule has 1 aliphatic rings. The van der Waals surface area contributed by atoms with E-state index >= 15 is 0 Å². The minimum atomic E-state index is -4.92. The number of ether oxygens (including phenoxy) is 2. The highest BCUT2D eigenvalue weighted by Crippen LogP contribution is 2.45. The third-order valence-electron chi connectivity index (χ3n) is 4.49. The minimum Gasteiger partial charge on any atom is -0.494 e. The first-order valence-corrected chi connectivity index (χ1v) is 10.7. The SMILES string of the molecule is CNC(=O)c1csc(Sc2cc(OC)c(N3CCN(C)CC3)cn2)c1OC(F)(F)F. The van der Waals surface area contributed by atoms with Gasteiger partial charge in [-0.15, -0.1) is 24.5 Å². The molecule has 0 spiro atoms. The number of hydrogen-bond donors (Lipinski definition) is 1. The van der Waals surface area contributed by atoms with Crippen LogP contribution in [0.4, 0.5) is 18.9 Å². The van der Waals surface area contributed by atoms with Gasteiger partial charge in [-0.05, 0) is 7.05 Å². The number of methoxy groups -OCH3 is 1. The maximum atomic E-state index is 12.9. The van der Waals surface area contributed by atoms with E-state index in [0.29, 0.717) is 10.8 Å². The number of nitrogens with zero attached hydrogens (tertiary/aromatic N) is 3. The zero-order valence-corrected chi connectivity index (χ0v) is 18.2. The number of halogens is 3. The standard InChI is InChI=1S/C18H21F3N4O3S2/c1-22-16(26)11-10-29-17(15(11)28-18(19,20)21)30-14-8-13(27-3)12(9-23-14)25-6-4-24(2)5-7-25/h8-10H,4-7H2,1-3H3,(H,22,26). The molecule has 1 fully saturated rings. The Morgan fingerprint density at radius 3 is 2.60 bits per heavy atom. The van der Waals surface area contributed by atoms with Crippen molar-refractivity contribution in [2.45, 2.75) is 15.6 Å². The number of carbonyl (C=O) groups is 1. The van der Waals surface area contributed by atoms with E-state index in [0.717, 1.165) is 55.0 Å². The normalized spacial score (nSPS) is 15.2. The third-order valence-corrected chi connectivity index (χ3v) is 6.58. The van der Waals surface area contributed by atoms with Crippen LogP contribution in [0.25, 0.3) is 0 Å². The molecule has 0 radical (unpaired) electrons. The second-order valence-electron chi connectivity index (χ2n) is 6.48. The number of aromatic nitrogens is 1. The number of piperazine rings is 1. The number of thiophene rings is 1. The lowest BCUT2D eigenvalue weighted by molar-refractivity contribution is -0.275. The van der Waals surface area contributed by atoms with Gasteiger partial charge >= 0.3 is 6.36 Å². The number of rotatable bonds is 6. The number of alkyl halides is 3. The highest BCUT2D eigenvalue weighted by atomic mass is 32.2. The van der Waals surface area contributed by atoms with Crippen LogP contribution in [-0.4, -0.2) is 69.5 Å². The lowest BCUT2D eigenvalue weighted by Gasteiger charge is -2.34. The summed E-state index contributed by atoms with van der Waals surface area (Å²) in [4.78, 5) is 20.7. The predicted molar refractivity (Wildman–Crippen MR) is 109 cm³/mol. The fourth-order valence-corrected chi connectivity index (χ4v) is 4.91. The topological polar surface area (TPSA) is 66.9 Å². The van der Waals surface area contributed by atoms with Gasteiger partial charge in [-0.2, -0.15) is 0 Å². The summed E-state index contributed by atoms with van der Waals surface area (Å²) in [5.74, 6) is -0.604. The summed E-state index contributed by atoms with van der Waals surface area (Å²) in [6.07, 6.45) is -3.26. The molecule has 30 heavy (non-hydrogen) atoms. The summed E-state index contributed by atoms with van der Waals surface area (Å²) in [6.45, 7) is 3.47. The van der Waals surface area contributed by atoms with Crippen molar-refractivity contribution in [2.24, 2.45) is 0 Å². The van der Waals surface area contributed by atoms with E-state index in [-0.39, 0.29) is 9.77 Å². The number of likely N-dealkylation sites (N-methyl/N-ethyl adjacent to an activating group) is 1. The molecule has 1 amide bonds. The zero-order valence-electron chi connectivity index (χ0n) is 16.6. The van der Waals surface area contributed by atoms with Crippen LogP contribution in [0.2, 0.25) is 0 Å². The van der Waals surface area contributed by atoms with E-state index in [4.69, 9.17) is 4.74 Å². The highest BCUT2D eigenvalue weighted by molar-refractivity contribution is 8.01. The number of carbonyl (C=O) groups excluding carboxylic acids is 1. The Kier molecular flexibility index (Phi) is 6.98. The fourth-order valence-electron chi connectivity index (χ4n) is 2.91. The lowest BCUT2D eigenvalue weighted by atomic mass is 10.2. The van der Waals surface area contributed by atoms with Gasteiger partial charge < -0.3 is 24.6 Å². The molecule has 0 aliphatic carbocycles. The third kappa shape index (κ3) is 5.29. The molecule has 1 saturated heterocycles. The quantitative estimate of drug-likeness (QED) is 0.707. The van der Waals surface area contributed by atoms with Gasteiger partial charge in [0.25, 0.3) is 5.91 Å². The van der Waals surface area contributed by atoms with Crippen LogP contribution in [0.1, 0.15) is 10.4 Å². The molecule has 0 atom stereocenters. The van der Waals surface area contributed by atoms with Gasteiger partial charge in [0.15, 0.2) is 5.75 Å². The zero-order chi connectivity index (χ0) is 21.9. The van der Waals surface area contributed by atoms with Gasteiger partial charge in [-0.1, -0.05) is 11.8 Å². The molecular formula is C18H21F3N4O3S2. The fraction of sp³-hybridized carbons (Fsp3) is 0.444. The van der Waals surface area contributed by atoms with Crippen molar-refractivity contribution in [1.82, 2.24) is 15.2 Å². The molecule has 2 aromatic rings. The molecule has 0 bridgehead atoms. The average molecular weight is 463 g/mol. The van der Waals surface area contributed by atoms with Crippen molar-refractivity contribution in [3.05, 3.63) is 23.2 Å². The molecule has 0 aromatic carbocycles. The van der Waals surface area contributed by atoms with Gasteiger partial charge in [0, 0.05) is 44.7 Å². The first-order chi connectivity index (χ1) is 14.2. The molecule has 3 heterocycles.